The van der Waals surface area contributed by atoms with Crippen molar-refractivity contribution in [3.63, 3.8) is 0 Å². The van der Waals surface area contributed by atoms with E-state index in [1.165, 1.54) is 0 Å². The van der Waals surface area contributed by atoms with Crippen LogP contribution in [0.4, 0.5) is 5.69 Å². The zero-order valence-electron chi connectivity index (χ0n) is 13.2. The van der Waals surface area contributed by atoms with Gasteiger partial charge in [-0.05, 0) is 36.8 Å². The molecule has 120 valence electrons. The Kier molecular flexibility index (Phi) is 4.52. The molecule has 0 saturated carbocycles. The number of pyridine rings is 1. The van der Waals surface area contributed by atoms with Crippen LogP contribution in [0.25, 0.3) is 10.9 Å². The number of amides is 2. The smallest absolute Gasteiger partial charge is 0.313 e. The van der Waals surface area contributed by atoms with Crippen molar-refractivity contribution >= 4 is 28.4 Å². The van der Waals surface area contributed by atoms with Crippen LogP contribution in [-0.4, -0.2) is 16.8 Å². The van der Waals surface area contributed by atoms with E-state index in [1.807, 2.05) is 49.4 Å². The molecule has 3 rings (SSSR count). The highest BCUT2D eigenvalue weighted by Crippen LogP contribution is 2.21. The van der Waals surface area contributed by atoms with Crippen LogP contribution < -0.4 is 10.6 Å². The number of hydrogen-bond acceptors (Lipinski definition) is 3. The Balaban J connectivity index is 1.71. The van der Waals surface area contributed by atoms with Crippen molar-refractivity contribution in [1.82, 2.24) is 10.3 Å². The summed E-state index contributed by atoms with van der Waals surface area (Å²) in [7, 11) is 0. The SMILES string of the molecule is C[C@@H](NC(=O)C(=O)Nc1cccc2ncccc12)c1ccccc1. The Morgan fingerprint density at radius 3 is 2.50 bits per heavy atom. The first kappa shape index (κ1) is 15.7. The summed E-state index contributed by atoms with van der Waals surface area (Å²) >= 11 is 0. The maximum atomic E-state index is 12.2. The molecule has 24 heavy (non-hydrogen) atoms. The van der Waals surface area contributed by atoms with E-state index in [0.29, 0.717) is 5.69 Å². The number of rotatable bonds is 3. The molecular formula is C19H17N3O2. The molecule has 5 nitrogen and oxygen atoms in total. The lowest BCUT2D eigenvalue weighted by atomic mass is 10.1. The molecule has 1 heterocycles. The minimum absolute atomic E-state index is 0.251. The molecule has 3 aromatic rings. The minimum atomic E-state index is -0.700. The van der Waals surface area contributed by atoms with Crippen LogP contribution in [0.15, 0.2) is 66.9 Å². The fourth-order valence-electron chi connectivity index (χ4n) is 2.48. The second-order valence-electron chi connectivity index (χ2n) is 5.44. The molecular weight excluding hydrogens is 302 g/mol. The van der Waals surface area contributed by atoms with E-state index in [0.717, 1.165) is 16.5 Å². The lowest BCUT2D eigenvalue weighted by Gasteiger charge is -2.14. The van der Waals surface area contributed by atoms with Crippen LogP contribution in [0.1, 0.15) is 18.5 Å². The number of benzene rings is 2. The molecule has 0 saturated heterocycles. The van der Waals surface area contributed by atoms with Crippen molar-refractivity contribution < 1.29 is 9.59 Å². The fourth-order valence-corrected chi connectivity index (χ4v) is 2.48. The second kappa shape index (κ2) is 6.91. The normalized spacial score (nSPS) is 11.7. The molecule has 1 aromatic heterocycles. The first-order chi connectivity index (χ1) is 11.6. The van der Waals surface area contributed by atoms with Crippen molar-refractivity contribution in [1.29, 1.82) is 0 Å². The average molecular weight is 319 g/mol. The van der Waals surface area contributed by atoms with E-state index in [-0.39, 0.29) is 6.04 Å². The van der Waals surface area contributed by atoms with Crippen LogP contribution in [0, 0.1) is 0 Å². The number of hydrogen-bond donors (Lipinski definition) is 2. The van der Waals surface area contributed by atoms with Gasteiger partial charge in [-0.25, -0.2) is 0 Å². The molecule has 0 fully saturated rings. The summed E-state index contributed by atoms with van der Waals surface area (Å²) < 4.78 is 0. The third-order valence-corrected chi connectivity index (χ3v) is 3.75. The van der Waals surface area contributed by atoms with Gasteiger partial charge in [0.1, 0.15) is 0 Å². The van der Waals surface area contributed by atoms with Crippen molar-refractivity contribution in [3.05, 3.63) is 72.4 Å². The van der Waals surface area contributed by atoms with E-state index >= 15 is 0 Å². The Bertz CT molecular complexity index is 873. The van der Waals surface area contributed by atoms with E-state index in [2.05, 4.69) is 15.6 Å². The number of carbonyl (C=O) groups excluding carboxylic acids is 2. The number of carbonyl (C=O) groups is 2. The third kappa shape index (κ3) is 3.41. The van der Waals surface area contributed by atoms with Gasteiger partial charge in [0.25, 0.3) is 0 Å². The van der Waals surface area contributed by atoms with Gasteiger partial charge in [0.15, 0.2) is 0 Å². The van der Waals surface area contributed by atoms with E-state index < -0.39 is 11.8 Å². The van der Waals surface area contributed by atoms with Gasteiger partial charge in [0, 0.05) is 11.6 Å². The van der Waals surface area contributed by atoms with Crippen LogP contribution in [0.5, 0.6) is 0 Å². The standard InChI is InChI=1S/C19H17N3O2/c1-13(14-7-3-2-4-8-14)21-18(23)19(24)22-17-11-5-10-16-15(17)9-6-12-20-16/h2-13H,1H3,(H,21,23)(H,22,24)/t13-/m1/s1. The minimum Gasteiger partial charge on any atom is -0.341 e. The first-order valence-electron chi connectivity index (χ1n) is 7.65. The largest absolute Gasteiger partial charge is 0.341 e. The highest BCUT2D eigenvalue weighted by atomic mass is 16.2. The predicted octanol–water partition coefficient (Wildman–Crippen LogP) is 3.05. The Morgan fingerprint density at radius 2 is 1.71 bits per heavy atom. The summed E-state index contributed by atoms with van der Waals surface area (Å²) in [4.78, 5) is 28.5. The monoisotopic (exact) mass is 319 g/mol. The molecule has 0 aliphatic rings. The quantitative estimate of drug-likeness (QED) is 0.729. The molecule has 2 N–H and O–H groups in total. The maximum Gasteiger partial charge on any atom is 0.313 e. The van der Waals surface area contributed by atoms with Crippen molar-refractivity contribution in [3.8, 4) is 0 Å². The van der Waals surface area contributed by atoms with E-state index in [1.54, 1.807) is 24.4 Å². The fraction of sp³-hybridized carbons (Fsp3) is 0.105. The van der Waals surface area contributed by atoms with Gasteiger partial charge in [0.2, 0.25) is 0 Å². The van der Waals surface area contributed by atoms with Gasteiger partial charge in [-0.15, -0.1) is 0 Å². The molecule has 0 unspecified atom stereocenters. The Morgan fingerprint density at radius 1 is 0.917 bits per heavy atom. The topological polar surface area (TPSA) is 71.1 Å². The summed E-state index contributed by atoms with van der Waals surface area (Å²) in [6.45, 7) is 1.84. The number of fused-ring (bicyclic) bond motifs is 1. The highest BCUT2D eigenvalue weighted by Gasteiger charge is 2.17. The number of nitrogens with one attached hydrogen (secondary N) is 2. The van der Waals surface area contributed by atoms with Crippen LogP contribution in [-0.2, 0) is 9.59 Å². The van der Waals surface area contributed by atoms with Crippen LogP contribution in [0.3, 0.4) is 0 Å². The summed E-state index contributed by atoms with van der Waals surface area (Å²) in [6, 6.07) is 18.3. The van der Waals surface area contributed by atoms with Crippen LogP contribution in [0.2, 0.25) is 0 Å². The molecule has 0 radical (unpaired) electrons. The lowest BCUT2D eigenvalue weighted by Crippen LogP contribution is -2.36. The highest BCUT2D eigenvalue weighted by molar-refractivity contribution is 6.40. The van der Waals surface area contributed by atoms with Crippen LogP contribution >= 0.6 is 0 Å². The molecule has 2 amide bonds. The second-order valence-corrected chi connectivity index (χ2v) is 5.44. The van der Waals surface area contributed by atoms with E-state index in [4.69, 9.17) is 0 Å². The predicted molar refractivity (Wildman–Crippen MR) is 93.4 cm³/mol. The lowest BCUT2D eigenvalue weighted by molar-refractivity contribution is -0.136. The van der Waals surface area contributed by atoms with Gasteiger partial charge in [-0.3, -0.25) is 14.6 Å². The molecule has 0 spiro atoms. The van der Waals surface area contributed by atoms with Gasteiger partial charge < -0.3 is 10.6 Å². The third-order valence-electron chi connectivity index (χ3n) is 3.75. The van der Waals surface area contributed by atoms with Crippen molar-refractivity contribution in [2.24, 2.45) is 0 Å². The van der Waals surface area contributed by atoms with Crippen molar-refractivity contribution in [2.75, 3.05) is 5.32 Å². The summed E-state index contributed by atoms with van der Waals surface area (Å²) in [5.41, 5.74) is 2.26. The van der Waals surface area contributed by atoms with Gasteiger partial charge in [-0.1, -0.05) is 36.4 Å². The summed E-state index contributed by atoms with van der Waals surface area (Å²) in [5, 5.41) is 6.14. The molecule has 2 aromatic carbocycles. The van der Waals surface area contributed by atoms with Gasteiger partial charge in [0.05, 0.1) is 17.2 Å². The number of nitrogens with zero attached hydrogens (tertiary/aromatic N) is 1. The average Bonchev–Trinajstić information content (AvgIpc) is 2.62. The zero-order chi connectivity index (χ0) is 16.9. The summed E-state index contributed by atoms with van der Waals surface area (Å²) in [5.74, 6) is -1.37. The molecule has 5 heteroatoms. The summed E-state index contributed by atoms with van der Waals surface area (Å²) in [6.07, 6.45) is 1.68. The number of anilines is 1. The van der Waals surface area contributed by atoms with E-state index in [9.17, 15) is 9.59 Å². The first-order valence-corrected chi connectivity index (χ1v) is 7.65. The number of aromatic nitrogens is 1. The Hall–Kier alpha value is -3.21. The maximum absolute atomic E-state index is 12.2. The molecule has 0 bridgehead atoms. The van der Waals surface area contributed by atoms with Crippen molar-refractivity contribution in [2.45, 2.75) is 13.0 Å². The Labute approximate surface area is 139 Å². The van der Waals surface area contributed by atoms with Gasteiger partial charge >= 0.3 is 11.8 Å². The zero-order valence-corrected chi connectivity index (χ0v) is 13.2. The molecule has 0 aliphatic carbocycles. The van der Waals surface area contributed by atoms with Gasteiger partial charge in [-0.2, -0.15) is 0 Å². The molecule has 0 aliphatic heterocycles. The molecule has 1 atom stereocenters.